The van der Waals surface area contributed by atoms with Crippen molar-refractivity contribution in [2.45, 2.75) is 6.36 Å². The number of hydrogen-bond donors (Lipinski definition) is 1. The van der Waals surface area contributed by atoms with Gasteiger partial charge in [-0.3, -0.25) is 0 Å². The van der Waals surface area contributed by atoms with E-state index >= 15 is 0 Å². The summed E-state index contributed by atoms with van der Waals surface area (Å²) in [4.78, 5) is 4.58. The quantitative estimate of drug-likeness (QED) is 0.698. The maximum absolute atomic E-state index is 12.2. The van der Waals surface area contributed by atoms with Gasteiger partial charge in [-0.05, 0) is 41.8 Å². The molecule has 0 atom stereocenters. The maximum Gasteiger partial charge on any atom is 0.573 e. The second kappa shape index (κ2) is 5.26. The fourth-order valence-corrected chi connectivity index (χ4v) is 2.75. The number of hydrogen-bond acceptors (Lipinski definition) is 3. The average molecular weight is 328 g/mol. The van der Waals surface area contributed by atoms with Crippen molar-refractivity contribution in [2.24, 2.45) is 4.99 Å². The van der Waals surface area contributed by atoms with Crippen molar-refractivity contribution in [3.63, 3.8) is 0 Å². The predicted molar refractivity (Wildman–Crippen MR) is 86.9 cm³/mol. The summed E-state index contributed by atoms with van der Waals surface area (Å²) in [6.45, 7) is 0. The van der Waals surface area contributed by atoms with Crippen molar-refractivity contribution in [3.8, 4) is 5.75 Å². The van der Waals surface area contributed by atoms with E-state index < -0.39 is 6.36 Å². The van der Waals surface area contributed by atoms with Gasteiger partial charge in [0.2, 0.25) is 0 Å². The van der Waals surface area contributed by atoms with Gasteiger partial charge in [-0.15, -0.1) is 13.2 Å². The van der Waals surface area contributed by atoms with E-state index in [4.69, 9.17) is 0 Å². The van der Waals surface area contributed by atoms with Crippen LogP contribution in [0.4, 0.5) is 24.5 Å². The molecule has 1 aliphatic heterocycles. The van der Waals surface area contributed by atoms with Gasteiger partial charge in [0.15, 0.2) is 0 Å². The Kier molecular flexibility index (Phi) is 3.19. The molecule has 120 valence electrons. The Hall–Kier alpha value is -3.02. The van der Waals surface area contributed by atoms with Gasteiger partial charge in [0.05, 0.1) is 5.69 Å². The molecule has 3 aromatic rings. The second-order valence-corrected chi connectivity index (χ2v) is 5.34. The molecule has 1 aliphatic rings. The number of anilines is 1. The lowest BCUT2D eigenvalue weighted by Crippen LogP contribution is -2.18. The van der Waals surface area contributed by atoms with E-state index in [-0.39, 0.29) is 5.75 Å². The van der Waals surface area contributed by atoms with Crippen LogP contribution in [0.1, 0.15) is 5.56 Å². The zero-order valence-corrected chi connectivity index (χ0v) is 12.3. The lowest BCUT2D eigenvalue weighted by molar-refractivity contribution is -0.274. The third kappa shape index (κ3) is 2.67. The van der Waals surface area contributed by atoms with Crippen molar-refractivity contribution in [1.82, 2.24) is 0 Å². The molecule has 1 heterocycles. The van der Waals surface area contributed by atoms with Crippen molar-refractivity contribution >= 4 is 28.0 Å². The normalized spacial score (nSPS) is 13.4. The minimum absolute atomic E-state index is 0.259. The first-order valence-electron chi connectivity index (χ1n) is 7.23. The minimum Gasteiger partial charge on any atom is -0.406 e. The van der Waals surface area contributed by atoms with E-state index in [1.807, 2.05) is 36.4 Å². The van der Waals surface area contributed by atoms with Crippen LogP contribution in [0.5, 0.6) is 5.75 Å². The summed E-state index contributed by atoms with van der Waals surface area (Å²) in [5.74, 6) is 0.324. The third-order valence-corrected chi connectivity index (χ3v) is 3.73. The van der Waals surface area contributed by atoms with Crippen molar-refractivity contribution < 1.29 is 17.9 Å². The van der Waals surface area contributed by atoms with E-state index in [2.05, 4.69) is 15.0 Å². The first-order valence-corrected chi connectivity index (χ1v) is 7.23. The Balaban J connectivity index is 1.71. The first kappa shape index (κ1) is 14.6. The highest BCUT2D eigenvalue weighted by Crippen LogP contribution is 2.36. The summed E-state index contributed by atoms with van der Waals surface area (Å²) >= 11 is 0. The van der Waals surface area contributed by atoms with Gasteiger partial charge in [-0.25, -0.2) is 4.99 Å². The van der Waals surface area contributed by atoms with Crippen molar-refractivity contribution in [2.75, 3.05) is 5.32 Å². The molecule has 0 fully saturated rings. The van der Waals surface area contributed by atoms with Crippen LogP contribution < -0.4 is 10.1 Å². The zero-order chi connectivity index (χ0) is 16.7. The summed E-state index contributed by atoms with van der Waals surface area (Å²) in [5, 5.41) is 5.34. The van der Waals surface area contributed by atoms with Crippen LogP contribution in [0.3, 0.4) is 0 Å². The van der Waals surface area contributed by atoms with Gasteiger partial charge >= 0.3 is 6.36 Å². The number of benzene rings is 3. The minimum atomic E-state index is -4.70. The molecule has 0 bridgehead atoms. The van der Waals surface area contributed by atoms with Gasteiger partial charge in [0, 0.05) is 16.6 Å². The molecule has 0 unspecified atom stereocenters. The van der Waals surface area contributed by atoms with Crippen LogP contribution in [-0.2, 0) is 0 Å². The first-order chi connectivity index (χ1) is 11.5. The number of nitrogens with one attached hydrogen (secondary N) is 1. The Labute approximate surface area is 135 Å². The molecule has 0 radical (unpaired) electrons. The van der Waals surface area contributed by atoms with Gasteiger partial charge in [0.25, 0.3) is 0 Å². The fourth-order valence-electron chi connectivity index (χ4n) is 2.75. The Bertz CT molecular complexity index is 941. The molecule has 0 aliphatic carbocycles. The summed E-state index contributed by atoms with van der Waals surface area (Å²) < 4.78 is 40.6. The lowest BCUT2D eigenvalue weighted by Gasteiger charge is -2.19. The molecule has 3 nitrogen and oxygen atoms in total. The predicted octanol–water partition coefficient (Wildman–Crippen LogP) is 5.24. The van der Waals surface area contributed by atoms with Crippen LogP contribution in [0.2, 0.25) is 0 Å². The second-order valence-electron chi connectivity index (χ2n) is 5.34. The molecule has 4 rings (SSSR count). The van der Waals surface area contributed by atoms with E-state index in [9.17, 15) is 13.2 Å². The third-order valence-electron chi connectivity index (χ3n) is 3.73. The molecular weight excluding hydrogens is 317 g/mol. The molecule has 1 N–H and O–H groups in total. The molecule has 0 saturated carbocycles. The highest BCUT2D eigenvalue weighted by Gasteiger charge is 2.31. The van der Waals surface area contributed by atoms with E-state index in [1.54, 1.807) is 12.1 Å². The number of aliphatic imine (C=N–C) groups is 1. The largest absolute Gasteiger partial charge is 0.573 e. The van der Waals surface area contributed by atoms with Gasteiger partial charge < -0.3 is 10.1 Å². The number of alkyl halides is 3. The van der Waals surface area contributed by atoms with Crippen LogP contribution in [0.25, 0.3) is 10.8 Å². The Morgan fingerprint density at radius 2 is 1.58 bits per heavy atom. The van der Waals surface area contributed by atoms with E-state index in [0.29, 0.717) is 11.4 Å². The van der Waals surface area contributed by atoms with Crippen LogP contribution in [0.15, 0.2) is 65.7 Å². The SMILES string of the molecule is FC(F)(F)Oc1ccc(C2=Nc3cccc4cccc(c34)N2)cc1. The summed E-state index contributed by atoms with van der Waals surface area (Å²) in [7, 11) is 0. The molecule has 0 spiro atoms. The molecule has 0 saturated heterocycles. The molecule has 0 aromatic heterocycles. The summed E-state index contributed by atoms with van der Waals surface area (Å²) in [6.07, 6.45) is -4.70. The molecule has 3 aromatic carbocycles. The van der Waals surface area contributed by atoms with Gasteiger partial charge in [0.1, 0.15) is 11.6 Å². The number of rotatable bonds is 2. The van der Waals surface area contributed by atoms with Crippen molar-refractivity contribution in [1.29, 1.82) is 0 Å². The Morgan fingerprint density at radius 1 is 0.875 bits per heavy atom. The highest BCUT2D eigenvalue weighted by molar-refractivity contribution is 6.18. The molecule has 6 heteroatoms. The Morgan fingerprint density at radius 3 is 2.29 bits per heavy atom. The summed E-state index contributed by atoms with van der Waals surface area (Å²) in [6, 6.07) is 17.4. The van der Waals surface area contributed by atoms with Gasteiger partial charge in [-0.2, -0.15) is 0 Å². The standard InChI is InChI=1S/C18H11F3N2O/c19-18(20,21)24-13-9-7-12(8-10-13)17-22-14-5-1-3-11-4-2-6-15(23-17)16(11)14/h1-10H,(H,22,23). The molecule has 0 amide bonds. The van der Waals surface area contributed by atoms with E-state index in [1.165, 1.54) is 12.1 Å². The topological polar surface area (TPSA) is 33.6 Å². The van der Waals surface area contributed by atoms with Gasteiger partial charge in [-0.1, -0.05) is 24.3 Å². The lowest BCUT2D eigenvalue weighted by atomic mass is 10.0. The maximum atomic E-state index is 12.2. The van der Waals surface area contributed by atoms with Crippen LogP contribution >= 0.6 is 0 Å². The summed E-state index contributed by atoms with van der Waals surface area (Å²) in [5.41, 5.74) is 2.42. The molecule has 24 heavy (non-hydrogen) atoms. The zero-order valence-electron chi connectivity index (χ0n) is 12.3. The van der Waals surface area contributed by atoms with Crippen LogP contribution in [-0.4, -0.2) is 12.2 Å². The van der Waals surface area contributed by atoms with Crippen LogP contribution in [0, 0.1) is 0 Å². The smallest absolute Gasteiger partial charge is 0.406 e. The number of ether oxygens (including phenoxy) is 1. The van der Waals surface area contributed by atoms with E-state index in [0.717, 1.165) is 22.1 Å². The average Bonchev–Trinajstić information content (AvgIpc) is 2.54. The van der Waals surface area contributed by atoms with Crippen molar-refractivity contribution in [3.05, 3.63) is 66.2 Å². The molecular formula is C18H11F3N2O. The number of amidine groups is 1. The highest BCUT2D eigenvalue weighted by atomic mass is 19.4. The monoisotopic (exact) mass is 328 g/mol. The number of halogens is 3. The number of nitrogens with zero attached hydrogens (tertiary/aromatic N) is 1. The fraction of sp³-hybridized carbons (Fsp3) is 0.0556.